The van der Waals surface area contributed by atoms with Gasteiger partial charge in [0.05, 0.1) is 0 Å². The molecular weight excluding hydrogens is 246 g/mol. The highest BCUT2D eigenvalue weighted by Crippen LogP contribution is 2.33. The van der Waals surface area contributed by atoms with Gasteiger partial charge in [0.25, 0.3) is 0 Å². The molecule has 1 saturated carbocycles. The quantitative estimate of drug-likeness (QED) is 0.860. The highest BCUT2D eigenvalue weighted by molar-refractivity contribution is 4.96. The molecule has 1 aliphatic carbocycles. The van der Waals surface area contributed by atoms with Gasteiger partial charge in [0, 0.05) is 30.7 Å². The summed E-state index contributed by atoms with van der Waals surface area (Å²) in [4.78, 5) is 5.32. The van der Waals surface area contributed by atoms with Gasteiger partial charge in [0.2, 0.25) is 0 Å². The summed E-state index contributed by atoms with van der Waals surface area (Å²) < 4.78 is 0. The Morgan fingerprint density at radius 2 is 1.80 bits per heavy atom. The van der Waals surface area contributed by atoms with E-state index in [9.17, 15) is 0 Å². The van der Waals surface area contributed by atoms with Crippen molar-refractivity contribution in [2.75, 3.05) is 26.7 Å². The van der Waals surface area contributed by atoms with Crippen molar-refractivity contribution >= 4 is 0 Å². The fourth-order valence-electron chi connectivity index (χ4n) is 4.27. The van der Waals surface area contributed by atoms with E-state index in [4.69, 9.17) is 5.73 Å². The van der Waals surface area contributed by atoms with Crippen molar-refractivity contribution < 1.29 is 0 Å². The molecule has 0 amide bonds. The molecule has 0 bridgehead atoms. The predicted molar refractivity (Wildman–Crippen MR) is 87.0 cm³/mol. The van der Waals surface area contributed by atoms with Crippen molar-refractivity contribution in [3.63, 3.8) is 0 Å². The Hall–Kier alpha value is -0.120. The first-order chi connectivity index (χ1) is 9.59. The lowest BCUT2D eigenvalue weighted by atomic mass is 9.84. The Morgan fingerprint density at radius 3 is 2.40 bits per heavy atom. The summed E-state index contributed by atoms with van der Waals surface area (Å²) in [5, 5.41) is 0. The Bertz CT molecular complexity index is 286. The Kier molecular flexibility index (Phi) is 5.88. The maximum absolute atomic E-state index is 6.28. The maximum atomic E-state index is 6.28. The molecular formula is C17H35N3. The summed E-state index contributed by atoms with van der Waals surface area (Å²) in [7, 11) is 2.36. The van der Waals surface area contributed by atoms with Gasteiger partial charge in [-0.05, 0) is 59.5 Å². The zero-order valence-corrected chi connectivity index (χ0v) is 13.9. The van der Waals surface area contributed by atoms with Crippen molar-refractivity contribution in [2.24, 2.45) is 5.73 Å². The van der Waals surface area contributed by atoms with E-state index < -0.39 is 0 Å². The largest absolute Gasteiger partial charge is 0.329 e. The van der Waals surface area contributed by atoms with Crippen LogP contribution in [0.2, 0.25) is 0 Å². The smallest absolute Gasteiger partial charge is 0.0344 e. The standard InChI is InChI=1S/C17H35N3/c1-15(2)20-12-7-10-17(14-18,11-13-20)19(3)16-8-5-4-6-9-16/h15-16H,4-14,18H2,1-3H3. The molecule has 3 nitrogen and oxygen atoms in total. The number of hydrogen-bond donors (Lipinski definition) is 1. The van der Waals surface area contributed by atoms with Crippen LogP contribution >= 0.6 is 0 Å². The Labute approximate surface area is 125 Å². The van der Waals surface area contributed by atoms with E-state index in [1.165, 1.54) is 64.5 Å². The highest BCUT2D eigenvalue weighted by Gasteiger charge is 2.38. The van der Waals surface area contributed by atoms with E-state index >= 15 is 0 Å². The van der Waals surface area contributed by atoms with Crippen molar-refractivity contribution in [3.05, 3.63) is 0 Å². The molecule has 0 spiro atoms. The van der Waals surface area contributed by atoms with E-state index in [1.54, 1.807) is 0 Å². The summed E-state index contributed by atoms with van der Waals surface area (Å²) >= 11 is 0. The van der Waals surface area contributed by atoms with Gasteiger partial charge >= 0.3 is 0 Å². The summed E-state index contributed by atoms with van der Waals surface area (Å²) in [6, 6.07) is 1.45. The number of likely N-dealkylation sites (N-methyl/N-ethyl adjacent to an activating group) is 1. The molecule has 2 N–H and O–H groups in total. The monoisotopic (exact) mass is 281 g/mol. The van der Waals surface area contributed by atoms with Crippen LogP contribution in [0.4, 0.5) is 0 Å². The summed E-state index contributed by atoms with van der Waals surface area (Å²) in [6.07, 6.45) is 10.8. The number of nitrogens with two attached hydrogens (primary N) is 1. The van der Waals surface area contributed by atoms with Crippen LogP contribution in [0.25, 0.3) is 0 Å². The topological polar surface area (TPSA) is 32.5 Å². The van der Waals surface area contributed by atoms with Crippen LogP contribution in [0.15, 0.2) is 0 Å². The molecule has 2 aliphatic rings. The molecule has 20 heavy (non-hydrogen) atoms. The zero-order chi connectivity index (χ0) is 14.6. The molecule has 2 rings (SSSR count). The predicted octanol–water partition coefficient (Wildman–Crippen LogP) is 2.84. The normalized spacial score (nSPS) is 30.9. The van der Waals surface area contributed by atoms with E-state index in [-0.39, 0.29) is 5.54 Å². The average molecular weight is 281 g/mol. The molecule has 2 fully saturated rings. The molecule has 1 unspecified atom stereocenters. The van der Waals surface area contributed by atoms with E-state index in [0.717, 1.165) is 12.6 Å². The van der Waals surface area contributed by atoms with E-state index in [0.29, 0.717) is 6.04 Å². The summed E-state index contributed by atoms with van der Waals surface area (Å²) in [5.74, 6) is 0. The Morgan fingerprint density at radius 1 is 1.10 bits per heavy atom. The van der Waals surface area contributed by atoms with Crippen molar-refractivity contribution in [3.8, 4) is 0 Å². The van der Waals surface area contributed by atoms with Gasteiger partial charge in [-0.3, -0.25) is 4.90 Å². The number of rotatable bonds is 4. The molecule has 0 aromatic rings. The van der Waals surface area contributed by atoms with E-state index in [1.807, 2.05) is 0 Å². The van der Waals surface area contributed by atoms with Gasteiger partial charge in [0.15, 0.2) is 0 Å². The minimum absolute atomic E-state index is 0.256. The van der Waals surface area contributed by atoms with Crippen LogP contribution in [0.3, 0.4) is 0 Å². The molecule has 1 saturated heterocycles. The van der Waals surface area contributed by atoms with Crippen LogP contribution < -0.4 is 5.73 Å². The third-order valence-corrected chi connectivity index (χ3v) is 5.93. The lowest BCUT2D eigenvalue weighted by Crippen LogP contribution is -2.56. The van der Waals surface area contributed by atoms with Gasteiger partial charge in [-0.25, -0.2) is 0 Å². The third kappa shape index (κ3) is 3.55. The van der Waals surface area contributed by atoms with Gasteiger partial charge < -0.3 is 10.6 Å². The molecule has 0 radical (unpaired) electrons. The van der Waals surface area contributed by atoms with Crippen LogP contribution in [0, 0.1) is 0 Å². The third-order valence-electron chi connectivity index (χ3n) is 5.93. The van der Waals surface area contributed by atoms with Crippen LogP contribution in [-0.4, -0.2) is 54.1 Å². The van der Waals surface area contributed by atoms with Gasteiger partial charge in [-0.15, -0.1) is 0 Å². The molecule has 0 aromatic carbocycles. The van der Waals surface area contributed by atoms with Gasteiger partial charge in [-0.2, -0.15) is 0 Å². The van der Waals surface area contributed by atoms with Crippen LogP contribution in [0.1, 0.15) is 65.2 Å². The van der Waals surface area contributed by atoms with Gasteiger partial charge in [-0.1, -0.05) is 19.3 Å². The lowest BCUT2D eigenvalue weighted by molar-refractivity contribution is 0.0445. The summed E-state index contributed by atoms with van der Waals surface area (Å²) in [6.45, 7) is 7.93. The number of hydrogen-bond acceptors (Lipinski definition) is 3. The zero-order valence-electron chi connectivity index (χ0n) is 13.9. The number of likely N-dealkylation sites (tertiary alicyclic amines) is 1. The van der Waals surface area contributed by atoms with Crippen LogP contribution in [-0.2, 0) is 0 Å². The summed E-state index contributed by atoms with van der Waals surface area (Å²) in [5.41, 5.74) is 6.53. The maximum Gasteiger partial charge on any atom is 0.0344 e. The highest BCUT2D eigenvalue weighted by atomic mass is 15.2. The minimum Gasteiger partial charge on any atom is -0.329 e. The number of nitrogens with zero attached hydrogens (tertiary/aromatic N) is 2. The molecule has 0 aromatic heterocycles. The first-order valence-electron chi connectivity index (χ1n) is 8.76. The van der Waals surface area contributed by atoms with Crippen molar-refractivity contribution in [2.45, 2.75) is 82.8 Å². The second-order valence-electron chi connectivity index (χ2n) is 7.31. The molecule has 1 aliphatic heterocycles. The first kappa shape index (κ1) is 16.3. The fourth-order valence-corrected chi connectivity index (χ4v) is 4.27. The molecule has 1 heterocycles. The van der Waals surface area contributed by atoms with Crippen molar-refractivity contribution in [1.82, 2.24) is 9.80 Å². The van der Waals surface area contributed by atoms with Gasteiger partial charge in [0.1, 0.15) is 0 Å². The molecule has 118 valence electrons. The van der Waals surface area contributed by atoms with Crippen molar-refractivity contribution in [1.29, 1.82) is 0 Å². The lowest BCUT2D eigenvalue weighted by Gasteiger charge is -2.46. The second-order valence-corrected chi connectivity index (χ2v) is 7.31. The fraction of sp³-hybridized carbons (Fsp3) is 1.00. The molecule has 1 atom stereocenters. The first-order valence-corrected chi connectivity index (χ1v) is 8.76. The molecule has 3 heteroatoms. The SMILES string of the molecule is CC(C)N1CCCC(CN)(N(C)C2CCCCC2)CC1. The second kappa shape index (κ2) is 7.24. The minimum atomic E-state index is 0.256. The average Bonchev–Trinajstić information content (AvgIpc) is 2.71. The van der Waals surface area contributed by atoms with E-state index in [2.05, 4.69) is 30.7 Å². The van der Waals surface area contributed by atoms with Crippen LogP contribution in [0.5, 0.6) is 0 Å². The Balaban J connectivity index is 2.03.